The molecule has 5 aromatic rings. The molecule has 6 nitrogen and oxygen atoms in total. The van der Waals surface area contributed by atoms with Crippen molar-refractivity contribution < 1.29 is 19.8 Å². The molecule has 2 N–H and O–H groups in total. The maximum atomic E-state index is 13.4. The molecule has 160 valence electrons. The second-order valence-electron chi connectivity index (χ2n) is 8.38. The van der Waals surface area contributed by atoms with Crippen LogP contribution in [0.15, 0.2) is 72.8 Å². The summed E-state index contributed by atoms with van der Waals surface area (Å²) in [6, 6.07) is 20.5. The van der Waals surface area contributed by atoms with Crippen molar-refractivity contribution in [3.63, 3.8) is 0 Å². The first-order chi connectivity index (χ1) is 16.5. The van der Waals surface area contributed by atoms with Crippen molar-refractivity contribution in [3.05, 3.63) is 117 Å². The summed E-state index contributed by atoms with van der Waals surface area (Å²) in [6.45, 7) is 0. The van der Waals surface area contributed by atoms with Crippen LogP contribution in [0, 0.1) is 0 Å². The zero-order valence-corrected chi connectivity index (χ0v) is 17.5. The second-order valence-corrected chi connectivity index (χ2v) is 8.38. The molecule has 34 heavy (non-hydrogen) atoms. The van der Waals surface area contributed by atoms with Gasteiger partial charge in [0, 0.05) is 32.7 Å². The number of aliphatic hydroxyl groups excluding tert-OH is 2. The Kier molecular flexibility index (Phi) is 3.50. The largest absolute Gasteiger partial charge is 0.507 e. The number of hydrogen-bond acceptors (Lipinski definition) is 6. The van der Waals surface area contributed by atoms with Gasteiger partial charge in [-0.25, -0.2) is 9.97 Å². The summed E-state index contributed by atoms with van der Waals surface area (Å²) in [5.74, 6) is -0.440. The van der Waals surface area contributed by atoms with Gasteiger partial charge in [0.15, 0.2) is 11.6 Å². The Morgan fingerprint density at radius 2 is 0.882 bits per heavy atom. The third-order valence-electron chi connectivity index (χ3n) is 6.60. The molecule has 0 radical (unpaired) electrons. The summed E-state index contributed by atoms with van der Waals surface area (Å²) in [6.07, 6.45) is 0. The van der Waals surface area contributed by atoms with E-state index >= 15 is 0 Å². The van der Waals surface area contributed by atoms with Crippen molar-refractivity contribution in [2.75, 3.05) is 0 Å². The van der Waals surface area contributed by atoms with Crippen LogP contribution in [0.4, 0.5) is 0 Å². The van der Waals surface area contributed by atoms with Gasteiger partial charge in [-0.05, 0) is 24.3 Å². The molecule has 0 amide bonds. The normalized spacial score (nSPS) is 14.1. The maximum Gasteiger partial charge on any atom is 0.196 e. The second kappa shape index (κ2) is 6.36. The van der Waals surface area contributed by atoms with Crippen LogP contribution in [0.2, 0.25) is 0 Å². The summed E-state index contributed by atoms with van der Waals surface area (Å²) in [5.41, 5.74) is 3.89. The molecule has 1 heterocycles. The van der Waals surface area contributed by atoms with Gasteiger partial charge >= 0.3 is 0 Å². The van der Waals surface area contributed by atoms with E-state index in [1.54, 1.807) is 72.8 Å². The highest BCUT2D eigenvalue weighted by molar-refractivity contribution is 6.21. The van der Waals surface area contributed by atoms with Gasteiger partial charge < -0.3 is 10.2 Å². The molecule has 4 aromatic carbocycles. The minimum Gasteiger partial charge on any atom is -0.507 e. The van der Waals surface area contributed by atoms with Crippen LogP contribution in [0.25, 0.3) is 33.6 Å². The first kappa shape index (κ1) is 18.7. The average molecular weight is 442 g/mol. The molecule has 0 saturated heterocycles. The number of benzene rings is 4. The SMILES string of the molecule is O=C1c2ccccc2C(O)=c2ccc3nc4c5c(ccc4nc3c21)=C(O)c1ccccc1C5=O. The topological polar surface area (TPSA) is 100 Å². The van der Waals surface area contributed by atoms with Gasteiger partial charge in [0.05, 0.1) is 22.2 Å². The zero-order valence-electron chi connectivity index (χ0n) is 17.5. The highest BCUT2D eigenvalue weighted by Gasteiger charge is 2.29. The molecule has 0 fully saturated rings. The molecule has 0 unspecified atom stereocenters. The molecule has 0 aliphatic heterocycles. The third kappa shape index (κ3) is 2.24. The lowest BCUT2D eigenvalue weighted by Crippen LogP contribution is -2.27. The molecule has 0 atom stereocenters. The quantitative estimate of drug-likeness (QED) is 0.357. The zero-order chi connectivity index (χ0) is 23.1. The van der Waals surface area contributed by atoms with Gasteiger partial charge in [0.25, 0.3) is 0 Å². The summed E-state index contributed by atoms with van der Waals surface area (Å²) >= 11 is 0. The lowest BCUT2D eigenvalue weighted by atomic mass is 9.88. The van der Waals surface area contributed by atoms with Gasteiger partial charge in [-0.1, -0.05) is 48.5 Å². The Bertz CT molecular complexity index is 1780. The Balaban J connectivity index is 1.60. The molecule has 2 aliphatic rings. The number of carbonyl (C=O) groups excluding carboxylic acids is 2. The maximum absolute atomic E-state index is 13.4. The van der Waals surface area contributed by atoms with E-state index in [2.05, 4.69) is 0 Å². The molecule has 2 aliphatic carbocycles. The molecular formula is C28H14N2O4. The van der Waals surface area contributed by atoms with Crippen LogP contribution in [0.3, 0.4) is 0 Å². The summed E-state index contributed by atoms with van der Waals surface area (Å²) in [5, 5.41) is 22.5. The monoisotopic (exact) mass is 442 g/mol. The smallest absolute Gasteiger partial charge is 0.196 e. The Hall–Kier alpha value is -4.84. The van der Waals surface area contributed by atoms with E-state index in [1.165, 1.54) is 0 Å². The Morgan fingerprint density at radius 1 is 0.500 bits per heavy atom. The third-order valence-corrected chi connectivity index (χ3v) is 6.60. The molecule has 1 aromatic heterocycles. The number of hydrogen-bond donors (Lipinski definition) is 2. The minimum absolute atomic E-state index is 0.0192. The standard InChI is InChI=1S/C28H14N2O4/c31-25-13-5-1-3-7-15(13)27(33)21-17(25)9-11-19-23(21)29-20-12-10-18-22(24(20)30-19)28(34)16-8-4-2-6-14(16)26(18)32/h1-12,31-32H. The van der Waals surface area contributed by atoms with Gasteiger partial charge in [-0.3, -0.25) is 9.59 Å². The Morgan fingerprint density at radius 3 is 1.29 bits per heavy atom. The van der Waals surface area contributed by atoms with Crippen LogP contribution in [0.5, 0.6) is 0 Å². The summed E-state index contributed by atoms with van der Waals surface area (Å²) in [7, 11) is 0. The van der Waals surface area contributed by atoms with Gasteiger partial charge in [-0.15, -0.1) is 0 Å². The number of fused-ring (bicyclic) bond motifs is 8. The lowest BCUT2D eigenvalue weighted by Gasteiger charge is -2.18. The predicted molar refractivity (Wildman–Crippen MR) is 126 cm³/mol. The highest BCUT2D eigenvalue weighted by atomic mass is 16.3. The number of aromatic nitrogens is 2. The van der Waals surface area contributed by atoms with E-state index in [9.17, 15) is 19.8 Å². The number of nitrogens with zero attached hydrogens (tertiary/aromatic N) is 2. The molecular weight excluding hydrogens is 428 g/mol. The number of aliphatic hydroxyl groups is 2. The van der Waals surface area contributed by atoms with Crippen molar-refractivity contribution in [3.8, 4) is 0 Å². The predicted octanol–water partition coefficient (Wildman–Crippen LogP) is 3.30. The molecule has 0 bridgehead atoms. The first-order valence-electron chi connectivity index (χ1n) is 10.7. The fraction of sp³-hybridized carbons (Fsp3) is 0. The fourth-order valence-corrected chi connectivity index (χ4v) is 5.00. The van der Waals surface area contributed by atoms with Crippen molar-refractivity contribution in [1.82, 2.24) is 9.97 Å². The van der Waals surface area contributed by atoms with E-state index < -0.39 is 0 Å². The van der Waals surface area contributed by atoms with E-state index in [0.29, 0.717) is 54.8 Å². The van der Waals surface area contributed by atoms with E-state index in [0.717, 1.165) is 0 Å². The molecule has 0 saturated carbocycles. The van der Waals surface area contributed by atoms with Crippen LogP contribution >= 0.6 is 0 Å². The number of ketones is 2. The van der Waals surface area contributed by atoms with Crippen LogP contribution in [-0.2, 0) is 0 Å². The van der Waals surface area contributed by atoms with Crippen LogP contribution in [0.1, 0.15) is 43.0 Å². The van der Waals surface area contributed by atoms with Gasteiger partial charge in [0.2, 0.25) is 0 Å². The molecule has 6 heteroatoms. The van der Waals surface area contributed by atoms with E-state index in [1.807, 2.05) is 0 Å². The van der Waals surface area contributed by atoms with Crippen molar-refractivity contribution >= 4 is 45.2 Å². The molecule has 0 spiro atoms. The Labute approximate surface area is 191 Å². The van der Waals surface area contributed by atoms with Gasteiger partial charge in [0.1, 0.15) is 22.6 Å². The van der Waals surface area contributed by atoms with Crippen LogP contribution < -0.4 is 10.4 Å². The van der Waals surface area contributed by atoms with Gasteiger partial charge in [-0.2, -0.15) is 0 Å². The first-order valence-corrected chi connectivity index (χ1v) is 10.7. The number of rotatable bonds is 0. The van der Waals surface area contributed by atoms with Crippen molar-refractivity contribution in [1.29, 1.82) is 0 Å². The van der Waals surface area contributed by atoms with Crippen LogP contribution in [-0.4, -0.2) is 31.7 Å². The van der Waals surface area contributed by atoms with E-state index in [-0.39, 0.29) is 34.2 Å². The molecule has 7 rings (SSSR count). The lowest BCUT2D eigenvalue weighted by molar-refractivity contribution is 0.102. The highest BCUT2D eigenvalue weighted by Crippen LogP contribution is 2.29. The fourth-order valence-electron chi connectivity index (χ4n) is 5.00. The minimum atomic E-state index is -0.239. The van der Waals surface area contributed by atoms with Crippen molar-refractivity contribution in [2.45, 2.75) is 0 Å². The van der Waals surface area contributed by atoms with E-state index in [4.69, 9.17) is 9.97 Å². The average Bonchev–Trinajstić information content (AvgIpc) is 2.88. The van der Waals surface area contributed by atoms with Crippen molar-refractivity contribution in [2.24, 2.45) is 0 Å². The summed E-state index contributed by atoms with van der Waals surface area (Å²) < 4.78 is 0. The number of carbonyl (C=O) groups is 2. The summed E-state index contributed by atoms with van der Waals surface area (Å²) in [4.78, 5) is 36.2.